The van der Waals surface area contributed by atoms with Crippen LogP contribution >= 0.6 is 0 Å². The second-order valence-corrected chi connectivity index (χ2v) is 10.5. The Balaban J connectivity index is 1.31. The molecule has 4 aromatic rings. The number of rotatable bonds is 9. The molecule has 0 aromatic heterocycles. The van der Waals surface area contributed by atoms with E-state index in [1.807, 2.05) is 60.7 Å². The van der Waals surface area contributed by atoms with Gasteiger partial charge in [0.15, 0.2) is 0 Å². The van der Waals surface area contributed by atoms with Gasteiger partial charge in [-0.3, -0.25) is 9.69 Å². The molecule has 212 valence electrons. The summed E-state index contributed by atoms with van der Waals surface area (Å²) in [6.45, 7) is 2.23. The minimum atomic E-state index is -0.662. The number of nitriles is 1. The first-order chi connectivity index (χ1) is 20.4. The predicted octanol–water partition coefficient (Wildman–Crippen LogP) is 6.30. The normalized spacial score (nSPS) is 14.8. The molecule has 1 fully saturated rings. The number of aromatic hydroxyl groups is 2. The monoisotopic (exact) mass is 559 g/mol. The molecule has 42 heavy (non-hydrogen) atoms. The zero-order valence-electron chi connectivity index (χ0n) is 23.2. The smallest absolute Gasteiger partial charge is 0.250 e. The zero-order chi connectivity index (χ0) is 29.4. The second kappa shape index (κ2) is 13.2. The molecule has 1 saturated heterocycles. The summed E-state index contributed by atoms with van der Waals surface area (Å²) in [6.07, 6.45) is 5.71. The largest absolute Gasteiger partial charge is 0.508 e. The fourth-order valence-corrected chi connectivity index (χ4v) is 5.32. The van der Waals surface area contributed by atoms with Crippen molar-refractivity contribution in [3.8, 4) is 28.7 Å². The van der Waals surface area contributed by atoms with Gasteiger partial charge in [-0.05, 0) is 47.2 Å². The molecule has 0 radical (unpaired) electrons. The lowest BCUT2D eigenvalue weighted by Crippen LogP contribution is -2.45. The fourth-order valence-electron chi connectivity index (χ4n) is 5.32. The van der Waals surface area contributed by atoms with Crippen molar-refractivity contribution in [1.82, 2.24) is 4.90 Å². The Morgan fingerprint density at radius 3 is 2.31 bits per heavy atom. The van der Waals surface area contributed by atoms with Crippen molar-refractivity contribution in [2.24, 2.45) is 0 Å². The minimum absolute atomic E-state index is 0.142. The first-order valence-electron chi connectivity index (χ1n) is 13.9. The summed E-state index contributed by atoms with van der Waals surface area (Å²) in [6, 6.07) is 32.0. The van der Waals surface area contributed by atoms with E-state index in [-0.39, 0.29) is 24.0 Å². The highest BCUT2D eigenvalue weighted by Gasteiger charge is 2.37. The van der Waals surface area contributed by atoms with E-state index in [9.17, 15) is 20.3 Å². The molecule has 0 bridgehead atoms. The number of amides is 1. The molecule has 7 nitrogen and oxygen atoms in total. The van der Waals surface area contributed by atoms with Crippen molar-refractivity contribution in [3.63, 3.8) is 0 Å². The van der Waals surface area contributed by atoms with Crippen molar-refractivity contribution in [2.45, 2.75) is 18.4 Å². The van der Waals surface area contributed by atoms with Gasteiger partial charge in [0.2, 0.25) is 5.91 Å². The Morgan fingerprint density at radius 1 is 0.905 bits per heavy atom. The first-order valence-corrected chi connectivity index (χ1v) is 13.9. The maximum atomic E-state index is 12.8. The summed E-state index contributed by atoms with van der Waals surface area (Å²) in [5, 5.41) is 31.5. The van der Waals surface area contributed by atoms with Crippen LogP contribution in [0, 0.1) is 11.3 Å². The van der Waals surface area contributed by atoms with Crippen LogP contribution in [0.2, 0.25) is 0 Å². The average molecular weight is 560 g/mol. The zero-order valence-corrected chi connectivity index (χ0v) is 23.2. The van der Waals surface area contributed by atoms with Gasteiger partial charge in [-0.25, -0.2) is 0 Å². The van der Waals surface area contributed by atoms with Crippen molar-refractivity contribution in [2.75, 3.05) is 31.6 Å². The third kappa shape index (κ3) is 7.24. The molecule has 1 amide bonds. The van der Waals surface area contributed by atoms with E-state index >= 15 is 0 Å². The van der Waals surface area contributed by atoms with E-state index in [1.165, 1.54) is 23.8 Å². The number of likely N-dealkylation sites (tertiary alicyclic amines) is 1. The Bertz CT molecular complexity index is 1560. The Labute approximate surface area is 245 Å². The predicted molar refractivity (Wildman–Crippen MR) is 164 cm³/mol. The number of nitrogens with zero attached hydrogens (tertiary/aromatic N) is 2. The maximum absolute atomic E-state index is 12.8. The first kappa shape index (κ1) is 28.6. The average Bonchev–Trinajstić information content (AvgIpc) is 3.01. The van der Waals surface area contributed by atoms with Gasteiger partial charge in [0.1, 0.15) is 18.1 Å². The summed E-state index contributed by atoms with van der Waals surface area (Å²) < 4.78 is 6.43. The lowest BCUT2D eigenvalue weighted by Gasteiger charge is -2.41. The summed E-state index contributed by atoms with van der Waals surface area (Å²) in [5.41, 5.74) is 4.35. The summed E-state index contributed by atoms with van der Waals surface area (Å²) in [5.74, 6) is -0.661. The lowest BCUT2D eigenvalue weighted by molar-refractivity contribution is -0.134. The highest BCUT2D eigenvalue weighted by molar-refractivity contribution is 5.92. The van der Waals surface area contributed by atoms with Crippen LogP contribution in [0.5, 0.6) is 11.5 Å². The van der Waals surface area contributed by atoms with E-state index in [0.717, 1.165) is 36.3 Å². The Kier molecular flexibility index (Phi) is 8.98. The van der Waals surface area contributed by atoms with Crippen molar-refractivity contribution in [3.05, 3.63) is 120 Å². The second-order valence-electron chi connectivity index (χ2n) is 10.5. The quantitative estimate of drug-likeness (QED) is 0.222. The number of hydrogen-bond donors (Lipinski definition) is 3. The van der Waals surface area contributed by atoms with Crippen LogP contribution in [0.15, 0.2) is 103 Å². The molecule has 0 spiro atoms. The van der Waals surface area contributed by atoms with E-state index < -0.39 is 5.60 Å². The summed E-state index contributed by atoms with van der Waals surface area (Å²) in [4.78, 5) is 15.2. The number of carbonyl (C=O) groups is 1. The molecule has 1 aliphatic heterocycles. The number of phenolic OH excluding ortho intramolecular Hbond substituents is 2. The number of ether oxygens (including phenoxy) is 1. The molecule has 4 aromatic carbocycles. The van der Waals surface area contributed by atoms with Crippen LogP contribution in [-0.4, -0.2) is 47.3 Å². The molecule has 7 heteroatoms. The maximum Gasteiger partial charge on any atom is 0.250 e. The molecule has 5 rings (SSSR count). The summed E-state index contributed by atoms with van der Waals surface area (Å²) in [7, 11) is 0. The number of piperidine rings is 1. The molecule has 1 heterocycles. The van der Waals surface area contributed by atoms with Crippen molar-refractivity contribution >= 4 is 17.7 Å². The van der Waals surface area contributed by atoms with Crippen LogP contribution in [0.4, 0.5) is 5.69 Å². The van der Waals surface area contributed by atoms with Gasteiger partial charge in [0, 0.05) is 43.5 Å². The SMILES string of the molecule is N#Cc1cccc(-c2ccc(C3(OCC(=O)Nc4cc(O)cc(O)c4)CCN(C/C=C/c4ccccc4)CC3)cc2)c1. The summed E-state index contributed by atoms with van der Waals surface area (Å²) >= 11 is 0. The van der Waals surface area contributed by atoms with Gasteiger partial charge in [-0.2, -0.15) is 5.26 Å². The van der Waals surface area contributed by atoms with Crippen LogP contribution in [0.1, 0.15) is 29.5 Å². The minimum Gasteiger partial charge on any atom is -0.508 e. The van der Waals surface area contributed by atoms with Crippen LogP contribution in [-0.2, 0) is 15.1 Å². The number of anilines is 1. The molecule has 0 aliphatic carbocycles. The Hall–Kier alpha value is -4.90. The number of phenols is 2. The van der Waals surface area contributed by atoms with Gasteiger partial charge in [0.25, 0.3) is 0 Å². The van der Waals surface area contributed by atoms with Gasteiger partial charge in [0.05, 0.1) is 17.2 Å². The highest BCUT2D eigenvalue weighted by Crippen LogP contribution is 2.38. The van der Waals surface area contributed by atoms with Crippen molar-refractivity contribution in [1.29, 1.82) is 5.26 Å². The lowest BCUT2D eigenvalue weighted by atomic mass is 9.83. The molecule has 1 aliphatic rings. The van der Waals surface area contributed by atoms with Crippen LogP contribution in [0.25, 0.3) is 17.2 Å². The van der Waals surface area contributed by atoms with Gasteiger partial charge in [-0.15, -0.1) is 0 Å². The van der Waals surface area contributed by atoms with Crippen LogP contribution in [0.3, 0.4) is 0 Å². The molecule has 0 saturated carbocycles. The van der Waals surface area contributed by atoms with Gasteiger partial charge >= 0.3 is 0 Å². The third-order valence-electron chi connectivity index (χ3n) is 7.54. The molecule has 3 N–H and O–H groups in total. The third-order valence-corrected chi connectivity index (χ3v) is 7.54. The number of carbonyl (C=O) groups excluding carboxylic acids is 1. The van der Waals surface area contributed by atoms with Crippen molar-refractivity contribution < 1.29 is 19.7 Å². The fraction of sp³-hybridized carbons (Fsp3) is 0.200. The van der Waals surface area contributed by atoms with E-state index in [4.69, 9.17) is 4.74 Å². The van der Waals surface area contributed by atoms with Crippen LogP contribution < -0.4 is 5.32 Å². The molecule has 0 unspecified atom stereocenters. The standard InChI is InChI=1S/C35H33N3O4/c36-24-27-8-4-10-29(20-27)28-11-13-30(14-12-28)35(42-25-34(41)37-31-21-32(39)23-33(40)22-31)15-18-38(19-16-35)17-5-9-26-6-2-1-3-7-26/h1-14,20-23,39-40H,15-19,25H2,(H,37,41)/b9-5+. The number of hydrogen-bond acceptors (Lipinski definition) is 6. The van der Waals surface area contributed by atoms with E-state index in [1.54, 1.807) is 6.07 Å². The van der Waals surface area contributed by atoms with E-state index in [2.05, 4.69) is 40.6 Å². The highest BCUT2D eigenvalue weighted by atomic mass is 16.5. The van der Waals surface area contributed by atoms with Gasteiger partial charge < -0.3 is 20.3 Å². The molecular weight excluding hydrogens is 526 g/mol. The topological polar surface area (TPSA) is 106 Å². The molecular formula is C35H33N3O4. The number of nitrogens with one attached hydrogen (secondary N) is 1. The molecule has 0 atom stereocenters. The Morgan fingerprint density at radius 2 is 1.62 bits per heavy atom. The number of benzene rings is 4. The van der Waals surface area contributed by atoms with Gasteiger partial charge in [-0.1, -0.05) is 78.9 Å². The van der Waals surface area contributed by atoms with E-state index in [0.29, 0.717) is 24.1 Å².